The molecule has 0 aromatic rings. The average molecular weight is 293 g/mol. The first-order chi connectivity index (χ1) is 8.35. The minimum absolute atomic E-state index is 0.117. The SMILES string of the molecule is CC(C)N(CC(N)=S)S(=O)(=O)N1CCCCCC1. The maximum Gasteiger partial charge on any atom is 0.282 e. The number of nitrogens with zero attached hydrogens (tertiary/aromatic N) is 2. The van der Waals surface area contributed by atoms with E-state index < -0.39 is 10.2 Å². The molecule has 1 aliphatic rings. The normalized spacial score (nSPS) is 19.1. The lowest BCUT2D eigenvalue weighted by Gasteiger charge is -2.31. The van der Waals surface area contributed by atoms with E-state index in [0.29, 0.717) is 13.1 Å². The van der Waals surface area contributed by atoms with Crippen molar-refractivity contribution < 1.29 is 8.42 Å². The van der Waals surface area contributed by atoms with Gasteiger partial charge >= 0.3 is 0 Å². The van der Waals surface area contributed by atoms with Gasteiger partial charge in [0.15, 0.2) is 0 Å². The highest BCUT2D eigenvalue weighted by Crippen LogP contribution is 2.18. The first-order valence-corrected chi connectivity index (χ1v) is 8.21. The molecule has 0 bridgehead atoms. The molecule has 1 aliphatic heterocycles. The fraction of sp³-hybridized carbons (Fsp3) is 0.909. The van der Waals surface area contributed by atoms with Gasteiger partial charge in [-0.3, -0.25) is 0 Å². The Morgan fingerprint density at radius 3 is 2.17 bits per heavy atom. The molecule has 0 atom stereocenters. The predicted molar refractivity (Wildman–Crippen MR) is 77.6 cm³/mol. The Morgan fingerprint density at radius 1 is 1.28 bits per heavy atom. The minimum Gasteiger partial charge on any atom is -0.392 e. The van der Waals surface area contributed by atoms with Gasteiger partial charge in [0.05, 0.1) is 11.5 Å². The third-order valence-corrected chi connectivity index (χ3v) is 5.37. The molecule has 18 heavy (non-hydrogen) atoms. The van der Waals surface area contributed by atoms with E-state index in [1.54, 1.807) is 4.31 Å². The second kappa shape index (κ2) is 6.79. The lowest BCUT2D eigenvalue weighted by molar-refractivity contribution is 0.328. The molecule has 2 N–H and O–H groups in total. The smallest absolute Gasteiger partial charge is 0.282 e. The molecular formula is C11H23N3O2S2. The van der Waals surface area contributed by atoms with Crippen LogP contribution in [0, 0.1) is 0 Å². The van der Waals surface area contributed by atoms with Crippen molar-refractivity contribution in [1.82, 2.24) is 8.61 Å². The Bertz CT molecular complexity index is 374. The van der Waals surface area contributed by atoms with Gasteiger partial charge in [-0.05, 0) is 26.7 Å². The number of nitrogens with two attached hydrogens (primary N) is 1. The first-order valence-electron chi connectivity index (χ1n) is 6.41. The lowest BCUT2D eigenvalue weighted by Crippen LogP contribution is -2.49. The van der Waals surface area contributed by atoms with Crippen molar-refractivity contribution in [3.8, 4) is 0 Å². The predicted octanol–water partition coefficient (Wildman–Crippen LogP) is 1.10. The van der Waals surface area contributed by atoms with Crippen molar-refractivity contribution >= 4 is 27.4 Å². The van der Waals surface area contributed by atoms with Crippen molar-refractivity contribution in [3.05, 3.63) is 0 Å². The lowest BCUT2D eigenvalue weighted by atomic mass is 10.2. The molecule has 1 rings (SSSR count). The summed E-state index contributed by atoms with van der Waals surface area (Å²) in [6.07, 6.45) is 4.06. The fourth-order valence-electron chi connectivity index (χ4n) is 2.10. The molecule has 0 aliphatic carbocycles. The Kier molecular flexibility index (Phi) is 5.97. The van der Waals surface area contributed by atoms with E-state index in [4.69, 9.17) is 18.0 Å². The van der Waals surface area contributed by atoms with Crippen LogP contribution in [0.25, 0.3) is 0 Å². The second-order valence-electron chi connectivity index (χ2n) is 4.93. The van der Waals surface area contributed by atoms with Gasteiger partial charge in [0.25, 0.3) is 10.2 Å². The average Bonchev–Trinajstić information content (AvgIpc) is 2.53. The molecule has 0 radical (unpaired) electrons. The largest absolute Gasteiger partial charge is 0.392 e. The summed E-state index contributed by atoms with van der Waals surface area (Å²) in [5.74, 6) is 0. The standard InChI is InChI=1S/C11H23N3O2S2/c1-10(2)14(9-11(12)17)18(15,16)13-7-5-3-4-6-8-13/h10H,3-9H2,1-2H3,(H2,12,17). The first kappa shape index (κ1) is 15.8. The summed E-state index contributed by atoms with van der Waals surface area (Å²) < 4.78 is 28.1. The molecule has 0 amide bonds. The minimum atomic E-state index is -3.44. The Morgan fingerprint density at radius 2 is 1.78 bits per heavy atom. The summed E-state index contributed by atoms with van der Waals surface area (Å²) in [4.78, 5) is 0.210. The van der Waals surface area contributed by atoms with Crippen LogP contribution < -0.4 is 5.73 Å². The highest BCUT2D eigenvalue weighted by Gasteiger charge is 2.32. The number of thiocarbonyl (C=S) groups is 1. The maximum atomic E-state index is 12.6. The van der Waals surface area contributed by atoms with Crippen molar-refractivity contribution in [2.45, 2.75) is 45.6 Å². The van der Waals surface area contributed by atoms with Crippen LogP contribution >= 0.6 is 12.2 Å². The zero-order valence-electron chi connectivity index (χ0n) is 11.1. The van der Waals surface area contributed by atoms with E-state index in [1.165, 1.54) is 4.31 Å². The Labute approximate surface area is 115 Å². The van der Waals surface area contributed by atoms with Crippen LogP contribution in [-0.4, -0.2) is 47.7 Å². The summed E-state index contributed by atoms with van der Waals surface area (Å²) in [5.41, 5.74) is 5.50. The van der Waals surface area contributed by atoms with Crippen LogP contribution in [0.15, 0.2) is 0 Å². The van der Waals surface area contributed by atoms with Crippen LogP contribution in [0.5, 0.6) is 0 Å². The quantitative estimate of drug-likeness (QED) is 0.771. The van der Waals surface area contributed by atoms with E-state index in [9.17, 15) is 8.42 Å². The van der Waals surface area contributed by atoms with Crippen LogP contribution in [0.4, 0.5) is 0 Å². The van der Waals surface area contributed by atoms with Gasteiger partial charge in [-0.25, -0.2) is 0 Å². The topological polar surface area (TPSA) is 66.6 Å². The molecule has 1 fully saturated rings. The summed E-state index contributed by atoms with van der Waals surface area (Å²) in [7, 11) is -3.44. The summed E-state index contributed by atoms with van der Waals surface area (Å²) in [6.45, 7) is 5.00. The summed E-state index contributed by atoms with van der Waals surface area (Å²) in [6, 6.07) is -0.139. The van der Waals surface area contributed by atoms with Crippen molar-refractivity contribution in [3.63, 3.8) is 0 Å². The molecule has 0 aromatic carbocycles. The van der Waals surface area contributed by atoms with Crippen LogP contribution in [-0.2, 0) is 10.2 Å². The molecule has 0 saturated carbocycles. The highest BCUT2D eigenvalue weighted by atomic mass is 32.2. The number of hydrogen-bond donors (Lipinski definition) is 1. The fourth-order valence-corrected chi connectivity index (χ4v) is 4.18. The van der Waals surface area contributed by atoms with Gasteiger partial charge < -0.3 is 5.73 Å². The van der Waals surface area contributed by atoms with Gasteiger partial charge in [-0.1, -0.05) is 25.1 Å². The zero-order chi connectivity index (χ0) is 13.8. The summed E-state index contributed by atoms with van der Waals surface area (Å²) in [5, 5.41) is 0. The van der Waals surface area contributed by atoms with E-state index in [-0.39, 0.29) is 17.6 Å². The van der Waals surface area contributed by atoms with Crippen LogP contribution in [0.2, 0.25) is 0 Å². The molecule has 0 unspecified atom stereocenters. The number of rotatable bonds is 5. The zero-order valence-corrected chi connectivity index (χ0v) is 12.8. The molecule has 1 heterocycles. The molecule has 0 aromatic heterocycles. The van der Waals surface area contributed by atoms with Gasteiger partial charge in [-0.15, -0.1) is 0 Å². The summed E-state index contributed by atoms with van der Waals surface area (Å²) >= 11 is 4.84. The second-order valence-corrected chi connectivity index (χ2v) is 7.33. The van der Waals surface area contributed by atoms with Crippen molar-refractivity contribution in [2.75, 3.05) is 19.6 Å². The number of hydrogen-bond acceptors (Lipinski definition) is 3. The monoisotopic (exact) mass is 293 g/mol. The van der Waals surface area contributed by atoms with Gasteiger partial charge in [0, 0.05) is 19.1 Å². The van der Waals surface area contributed by atoms with Gasteiger partial charge in [-0.2, -0.15) is 17.0 Å². The molecule has 106 valence electrons. The molecule has 0 spiro atoms. The molecule has 1 saturated heterocycles. The van der Waals surface area contributed by atoms with E-state index in [0.717, 1.165) is 25.7 Å². The molecule has 7 heteroatoms. The molecular weight excluding hydrogens is 270 g/mol. The third-order valence-electron chi connectivity index (χ3n) is 3.08. The Hall–Kier alpha value is -0.240. The Balaban J connectivity index is 2.88. The highest BCUT2D eigenvalue weighted by molar-refractivity contribution is 7.87. The van der Waals surface area contributed by atoms with Crippen molar-refractivity contribution in [1.29, 1.82) is 0 Å². The van der Waals surface area contributed by atoms with E-state index in [2.05, 4.69) is 0 Å². The van der Waals surface area contributed by atoms with E-state index >= 15 is 0 Å². The van der Waals surface area contributed by atoms with Gasteiger partial charge in [0.1, 0.15) is 0 Å². The van der Waals surface area contributed by atoms with Crippen molar-refractivity contribution in [2.24, 2.45) is 5.73 Å². The van der Waals surface area contributed by atoms with E-state index in [1.807, 2.05) is 13.8 Å². The van der Waals surface area contributed by atoms with Crippen LogP contribution in [0.1, 0.15) is 39.5 Å². The maximum absolute atomic E-state index is 12.6. The third kappa shape index (κ3) is 4.15. The molecule has 5 nitrogen and oxygen atoms in total. The van der Waals surface area contributed by atoms with Crippen LogP contribution in [0.3, 0.4) is 0 Å². The van der Waals surface area contributed by atoms with Gasteiger partial charge in [0.2, 0.25) is 0 Å².